The molecule has 0 aromatic heterocycles. The van der Waals surface area contributed by atoms with E-state index in [0.717, 1.165) is 19.5 Å². The molecule has 1 saturated carbocycles. The molecule has 0 spiro atoms. The zero-order chi connectivity index (χ0) is 21.4. The van der Waals surface area contributed by atoms with Crippen molar-refractivity contribution in [3.05, 3.63) is 0 Å². The van der Waals surface area contributed by atoms with Gasteiger partial charge in [-0.2, -0.15) is 5.26 Å². The summed E-state index contributed by atoms with van der Waals surface area (Å²) in [6.07, 6.45) is 7.34. The molecule has 0 aromatic carbocycles. The van der Waals surface area contributed by atoms with Crippen molar-refractivity contribution in [1.29, 1.82) is 5.26 Å². The first kappa shape index (κ1) is 22.8. The highest BCUT2D eigenvalue weighted by atomic mass is 16.6. The van der Waals surface area contributed by atoms with Crippen LogP contribution in [0.4, 0.5) is 4.79 Å². The minimum absolute atomic E-state index is 0.335. The Morgan fingerprint density at radius 3 is 2.47 bits per heavy atom. The van der Waals surface area contributed by atoms with Crippen molar-refractivity contribution in [2.24, 2.45) is 5.92 Å². The molecule has 3 fully saturated rings. The number of nitrogens with one attached hydrogen (secondary N) is 1. The lowest BCUT2D eigenvalue weighted by molar-refractivity contribution is -0.132. The molecule has 2 heterocycles. The van der Waals surface area contributed by atoms with Gasteiger partial charge in [-0.25, -0.2) is 4.79 Å². The Morgan fingerprint density at radius 2 is 1.83 bits per heavy atom. The third-order valence-corrected chi connectivity index (χ3v) is 6.78. The van der Waals surface area contributed by atoms with Gasteiger partial charge in [0.25, 0.3) is 5.91 Å². The van der Waals surface area contributed by atoms with Crippen LogP contribution < -0.4 is 5.32 Å². The number of ether oxygens (including phenoxy) is 2. The van der Waals surface area contributed by atoms with Gasteiger partial charge in [0.2, 0.25) is 0 Å². The SMILES string of the molecule is CN1CCC(C#N)(NC(=O)[C@H](CCC2CCCCC2)OC(=O)N2CCOCC2)CC1. The highest BCUT2D eigenvalue weighted by Gasteiger charge is 2.38. The molecular formula is C22H36N4O4. The van der Waals surface area contributed by atoms with E-state index >= 15 is 0 Å². The van der Waals surface area contributed by atoms with Gasteiger partial charge >= 0.3 is 6.09 Å². The summed E-state index contributed by atoms with van der Waals surface area (Å²) in [5.74, 6) is 0.253. The molecule has 168 valence electrons. The second-order valence-electron chi connectivity index (χ2n) is 9.04. The number of carbonyl (C=O) groups is 2. The molecule has 1 N–H and O–H groups in total. The van der Waals surface area contributed by atoms with E-state index in [0.29, 0.717) is 51.5 Å². The Morgan fingerprint density at radius 1 is 1.17 bits per heavy atom. The van der Waals surface area contributed by atoms with Crippen molar-refractivity contribution in [2.45, 2.75) is 69.4 Å². The number of morpholine rings is 1. The van der Waals surface area contributed by atoms with Crippen molar-refractivity contribution in [2.75, 3.05) is 46.4 Å². The summed E-state index contributed by atoms with van der Waals surface area (Å²) in [6.45, 7) is 3.44. The Labute approximate surface area is 179 Å². The van der Waals surface area contributed by atoms with E-state index < -0.39 is 17.7 Å². The first-order valence-corrected chi connectivity index (χ1v) is 11.5. The number of carbonyl (C=O) groups excluding carboxylic acids is 2. The van der Waals surface area contributed by atoms with Crippen molar-refractivity contribution in [3.63, 3.8) is 0 Å². The zero-order valence-electron chi connectivity index (χ0n) is 18.2. The predicted octanol–water partition coefficient (Wildman–Crippen LogP) is 2.29. The fraction of sp³-hybridized carbons (Fsp3) is 0.864. The lowest BCUT2D eigenvalue weighted by atomic mass is 9.85. The smallest absolute Gasteiger partial charge is 0.410 e. The van der Waals surface area contributed by atoms with Crippen molar-refractivity contribution < 1.29 is 19.1 Å². The van der Waals surface area contributed by atoms with Gasteiger partial charge in [-0.1, -0.05) is 32.1 Å². The van der Waals surface area contributed by atoms with Gasteiger partial charge in [-0.05, 0) is 38.6 Å². The monoisotopic (exact) mass is 420 g/mol. The van der Waals surface area contributed by atoms with Crippen molar-refractivity contribution in [1.82, 2.24) is 15.1 Å². The average molecular weight is 421 g/mol. The van der Waals surface area contributed by atoms with Gasteiger partial charge in [0, 0.05) is 26.2 Å². The molecule has 0 aromatic rings. The Kier molecular flexibility index (Phi) is 8.34. The molecule has 3 aliphatic rings. The molecule has 1 atom stereocenters. The highest BCUT2D eigenvalue weighted by molar-refractivity contribution is 5.84. The quantitative estimate of drug-likeness (QED) is 0.708. The van der Waals surface area contributed by atoms with Crippen LogP contribution in [0.5, 0.6) is 0 Å². The summed E-state index contributed by atoms with van der Waals surface area (Å²) in [4.78, 5) is 29.5. The predicted molar refractivity (Wildman–Crippen MR) is 112 cm³/mol. The molecule has 2 saturated heterocycles. The summed E-state index contributed by atoms with van der Waals surface area (Å²) >= 11 is 0. The number of amides is 2. The van der Waals surface area contributed by atoms with Crippen LogP contribution in [0.3, 0.4) is 0 Å². The largest absolute Gasteiger partial charge is 0.436 e. The van der Waals surface area contributed by atoms with Crippen LogP contribution in [0.2, 0.25) is 0 Å². The second kappa shape index (κ2) is 11.0. The summed E-state index contributed by atoms with van der Waals surface area (Å²) in [6, 6.07) is 2.32. The third-order valence-electron chi connectivity index (χ3n) is 6.78. The number of likely N-dealkylation sites (tertiary alicyclic amines) is 1. The summed E-state index contributed by atoms with van der Waals surface area (Å²) < 4.78 is 11.0. The van der Waals surface area contributed by atoms with E-state index in [9.17, 15) is 14.9 Å². The van der Waals surface area contributed by atoms with E-state index in [1.54, 1.807) is 4.90 Å². The van der Waals surface area contributed by atoms with E-state index in [1.807, 2.05) is 7.05 Å². The zero-order valence-corrected chi connectivity index (χ0v) is 18.2. The number of rotatable bonds is 6. The van der Waals surface area contributed by atoms with Crippen molar-refractivity contribution in [3.8, 4) is 6.07 Å². The maximum atomic E-state index is 13.2. The Bertz CT molecular complexity index is 615. The fourth-order valence-corrected chi connectivity index (χ4v) is 4.63. The van der Waals surface area contributed by atoms with E-state index in [-0.39, 0.29) is 5.91 Å². The standard InChI is InChI=1S/C22H36N4O4/c1-25-11-9-22(17-23,10-12-25)24-20(27)19(8-7-18-5-3-2-4-6-18)30-21(28)26-13-15-29-16-14-26/h18-19H,2-16H2,1H3,(H,24,27)/t19-/m0/s1. The first-order chi connectivity index (χ1) is 14.5. The number of piperidine rings is 1. The summed E-state index contributed by atoms with van der Waals surface area (Å²) in [7, 11) is 2.01. The molecular weight excluding hydrogens is 384 g/mol. The van der Waals surface area contributed by atoms with Crippen LogP contribution in [0.25, 0.3) is 0 Å². The third kappa shape index (κ3) is 6.32. The molecule has 2 aliphatic heterocycles. The van der Waals surface area contributed by atoms with E-state index in [4.69, 9.17) is 9.47 Å². The molecule has 2 amide bonds. The van der Waals surface area contributed by atoms with Crippen LogP contribution in [0.15, 0.2) is 0 Å². The molecule has 0 unspecified atom stereocenters. The summed E-state index contributed by atoms with van der Waals surface area (Å²) in [5, 5.41) is 12.7. The van der Waals surface area contributed by atoms with E-state index in [2.05, 4.69) is 16.3 Å². The van der Waals surface area contributed by atoms with E-state index in [1.165, 1.54) is 32.1 Å². The van der Waals surface area contributed by atoms with Crippen LogP contribution in [-0.2, 0) is 14.3 Å². The second-order valence-corrected chi connectivity index (χ2v) is 9.04. The molecule has 3 rings (SSSR count). The van der Waals surface area contributed by atoms with Crippen molar-refractivity contribution >= 4 is 12.0 Å². The van der Waals surface area contributed by atoms with Crippen LogP contribution in [0.1, 0.15) is 57.8 Å². The van der Waals surface area contributed by atoms with Gasteiger partial charge < -0.3 is 24.6 Å². The fourth-order valence-electron chi connectivity index (χ4n) is 4.63. The molecule has 8 heteroatoms. The molecule has 30 heavy (non-hydrogen) atoms. The normalized spacial score (nSPS) is 23.9. The maximum absolute atomic E-state index is 13.2. The van der Waals surface area contributed by atoms with Gasteiger partial charge in [0.05, 0.1) is 19.3 Å². The lowest BCUT2D eigenvalue weighted by Crippen LogP contribution is -2.56. The number of nitriles is 1. The Hall–Kier alpha value is -1.85. The molecule has 8 nitrogen and oxygen atoms in total. The van der Waals surface area contributed by atoms with Gasteiger partial charge in [-0.15, -0.1) is 0 Å². The molecule has 0 radical (unpaired) electrons. The molecule has 1 aliphatic carbocycles. The van der Waals surface area contributed by atoms with Crippen LogP contribution >= 0.6 is 0 Å². The first-order valence-electron chi connectivity index (χ1n) is 11.5. The molecule has 0 bridgehead atoms. The highest BCUT2D eigenvalue weighted by Crippen LogP contribution is 2.29. The van der Waals surface area contributed by atoms with Gasteiger partial charge in [-0.3, -0.25) is 4.79 Å². The number of hydrogen-bond donors (Lipinski definition) is 1. The number of hydrogen-bond acceptors (Lipinski definition) is 6. The maximum Gasteiger partial charge on any atom is 0.410 e. The Balaban J connectivity index is 1.62. The topological polar surface area (TPSA) is 94.9 Å². The van der Waals surface area contributed by atoms with Gasteiger partial charge in [0.1, 0.15) is 5.54 Å². The minimum Gasteiger partial charge on any atom is -0.436 e. The van der Waals surface area contributed by atoms with Crippen LogP contribution in [-0.4, -0.2) is 79.9 Å². The van der Waals surface area contributed by atoms with Crippen LogP contribution in [0, 0.1) is 17.2 Å². The lowest BCUT2D eigenvalue weighted by Gasteiger charge is -2.37. The summed E-state index contributed by atoms with van der Waals surface area (Å²) in [5.41, 5.74) is -0.877. The van der Waals surface area contributed by atoms with Gasteiger partial charge in [0.15, 0.2) is 6.10 Å². The minimum atomic E-state index is -0.877. The number of nitrogens with zero attached hydrogens (tertiary/aromatic N) is 3. The average Bonchev–Trinajstić information content (AvgIpc) is 2.79.